The Kier molecular flexibility index (Phi) is 5.44. The van der Waals surface area contributed by atoms with Gasteiger partial charge in [0.15, 0.2) is 5.78 Å². The lowest BCUT2D eigenvalue weighted by molar-refractivity contribution is -0.143. The number of allylic oxidation sites excluding steroid dienone is 3. The molecule has 1 aromatic rings. The smallest absolute Gasteiger partial charge is 0.337 e. The summed E-state index contributed by atoms with van der Waals surface area (Å²) < 4.78 is 5.45. The van der Waals surface area contributed by atoms with Crippen LogP contribution in [0.15, 0.2) is 40.7 Å². The number of esters is 1. The van der Waals surface area contributed by atoms with Gasteiger partial charge in [0.05, 0.1) is 21.7 Å². The summed E-state index contributed by atoms with van der Waals surface area (Å²) in [6, 6.07) is 5.23. The van der Waals surface area contributed by atoms with E-state index >= 15 is 0 Å². The Hall–Kier alpha value is -1.78. The molecule has 0 bridgehead atoms. The molecule has 0 saturated carbocycles. The topological polar surface area (TPSA) is 55.4 Å². The number of ketones is 1. The molecule has 0 aromatic heterocycles. The maximum Gasteiger partial charge on any atom is 0.337 e. The predicted octanol–water partition coefficient (Wildman–Crippen LogP) is 4.91. The van der Waals surface area contributed by atoms with Gasteiger partial charge in [0.1, 0.15) is 0 Å². The van der Waals surface area contributed by atoms with E-state index in [1.54, 1.807) is 26.0 Å². The van der Waals surface area contributed by atoms with Crippen LogP contribution >= 0.6 is 23.2 Å². The average molecular weight is 394 g/mol. The Labute approximate surface area is 163 Å². The van der Waals surface area contributed by atoms with Gasteiger partial charge >= 0.3 is 5.97 Å². The van der Waals surface area contributed by atoms with Crippen LogP contribution in [0.5, 0.6) is 0 Å². The zero-order valence-electron chi connectivity index (χ0n) is 15.0. The summed E-state index contributed by atoms with van der Waals surface area (Å²) in [5.41, 5.74) is 3.44. The molecule has 0 spiro atoms. The van der Waals surface area contributed by atoms with Crippen molar-refractivity contribution in [2.45, 2.75) is 52.1 Å². The summed E-state index contributed by atoms with van der Waals surface area (Å²) in [4.78, 5) is 25.6. The van der Waals surface area contributed by atoms with Gasteiger partial charge in [-0.15, -0.1) is 0 Å². The Morgan fingerprint density at radius 2 is 1.96 bits per heavy atom. The lowest BCUT2D eigenvalue weighted by atomic mass is 9.75. The van der Waals surface area contributed by atoms with Crippen molar-refractivity contribution in [1.82, 2.24) is 5.32 Å². The molecule has 138 valence electrons. The van der Waals surface area contributed by atoms with Crippen molar-refractivity contribution in [3.05, 3.63) is 56.3 Å². The standard InChI is InChI=1S/C20H21Cl2NO3/c1-10(2)26-20(25)17-11(3)23-15-5-4-6-16(24)19(15)18(17)12-7-8-13(21)14(22)9-12/h7-10,18,23H,4-6H2,1-3H3/t18-/m1/s1. The maximum absolute atomic E-state index is 12.8. The van der Waals surface area contributed by atoms with Crippen LogP contribution in [0.3, 0.4) is 0 Å². The lowest BCUT2D eigenvalue weighted by Crippen LogP contribution is -2.34. The van der Waals surface area contributed by atoms with E-state index in [0.717, 1.165) is 24.1 Å². The first-order chi connectivity index (χ1) is 12.3. The number of benzene rings is 1. The zero-order valence-corrected chi connectivity index (χ0v) is 16.5. The second kappa shape index (κ2) is 7.45. The molecule has 0 fully saturated rings. The highest BCUT2D eigenvalue weighted by atomic mass is 35.5. The van der Waals surface area contributed by atoms with Gasteiger partial charge in [-0.1, -0.05) is 29.3 Å². The summed E-state index contributed by atoms with van der Waals surface area (Å²) in [5.74, 6) is -0.872. The summed E-state index contributed by atoms with van der Waals surface area (Å²) in [7, 11) is 0. The highest BCUT2D eigenvalue weighted by Crippen LogP contribution is 2.43. The predicted molar refractivity (Wildman–Crippen MR) is 102 cm³/mol. The molecule has 4 nitrogen and oxygen atoms in total. The van der Waals surface area contributed by atoms with Crippen LogP contribution in [0.4, 0.5) is 0 Å². The Morgan fingerprint density at radius 1 is 1.23 bits per heavy atom. The lowest BCUT2D eigenvalue weighted by Gasteiger charge is -2.34. The molecule has 1 aromatic carbocycles. The van der Waals surface area contributed by atoms with Gasteiger partial charge < -0.3 is 10.1 Å². The summed E-state index contributed by atoms with van der Waals surface area (Å²) in [5, 5.41) is 4.08. The van der Waals surface area contributed by atoms with Crippen molar-refractivity contribution in [3.63, 3.8) is 0 Å². The van der Waals surface area contributed by atoms with Crippen molar-refractivity contribution < 1.29 is 14.3 Å². The zero-order chi connectivity index (χ0) is 19.0. The van der Waals surface area contributed by atoms with Crippen molar-refractivity contribution >= 4 is 35.0 Å². The molecule has 1 atom stereocenters. The van der Waals surface area contributed by atoms with Crippen LogP contribution < -0.4 is 5.32 Å². The molecule has 0 saturated heterocycles. The molecule has 0 amide bonds. The van der Waals surface area contributed by atoms with Gasteiger partial charge in [0, 0.05) is 29.3 Å². The monoisotopic (exact) mass is 393 g/mol. The van der Waals surface area contributed by atoms with Gasteiger partial charge in [-0.25, -0.2) is 4.79 Å². The minimum absolute atomic E-state index is 0.0529. The molecular formula is C20H21Cl2NO3. The number of halogens is 2. The second-order valence-electron chi connectivity index (χ2n) is 6.89. The number of ether oxygens (including phenoxy) is 1. The summed E-state index contributed by atoms with van der Waals surface area (Å²) in [6.07, 6.45) is 1.81. The normalized spacial score (nSPS) is 20.2. The number of carbonyl (C=O) groups excluding carboxylic acids is 2. The molecule has 26 heavy (non-hydrogen) atoms. The van der Waals surface area contributed by atoms with Crippen molar-refractivity contribution in [1.29, 1.82) is 0 Å². The second-order valence-corrected chi connectivity index (χ2v) is 7.71. The Morgan fingerprint density at radius 3 is 2.62 bits per heavy atom. The van der Waals surface area contributed by atoms with Gasteiger partial charge in [0.25, 0.3) is 0 Å². The summed E-state index contributed by atoms with van der Waals surface area (Å²) >= 11 is 12.3. The number of rotatable bonds is 3. The minimum Gasteiger partial charge on any atom is -0.460 e. The first-order valence-electron chi connectivity index (χ1n) is 8.69. The highest BCUT2D eigenvalue weighted by molar-refractivity contribution is 6.42. The van der Waals surface area contributed by atoms with E-state index in [4.69, 9.17) is 27.9 Å². The molecular weight excluding hydrogens is 373 g/mol. The van der Waals surface area contributed by atoms with E-state index in [2.05, 4.69) is 5.32 Å². The molecule has 6 heteroatoms. The van der Waals surface area contributed by atoms with Gasteiger partial charge in [-0.3, -0.25) is 4.79 Å². The maximum atomic E-state index is 12.8. The molecule has 1 N–H and O–H groups in total. The largest absolute Gasteiger partial charge is 0.460 e. The third-order valence-corrected chi connectivity index (χ3v) is 5.35. The van der Waals surface area contributed by atoms with Crippen LogP contribution in [0.1, 0.15) is 51.5 Å². The van der Waals surface area contributed by atoms with Crippen LogP contribution in [-0.2, 0) is 14.3 Å². The number of nitrogens with one attached hydrogen (secondary N) is 1. The third kappa shape index (κ3) is 3.53. The van der Waals surface area contributed by atoms with Gasteiger partial charge in [-0.2, -0.15) is 0 Å². The van der Waals surface area contributed by atoms with Crippen molar-refractivity contribution in [2.24, 2.45) is 0 Å². The molecule has 3 rings (SSSR count). The van der Waals surface area contributed by atoms with E-state index in [1.165, 1.54) is 0 Å². The van der Waals surface area contributed by atoms with Gasteiger partial charge in [-0.05, 0) is 51.3 Å². The van der Waals surface area contributed by atoms with Crippen molar-refractivity contribution in [3.8, 4) is 0 Å². The number of Topliss-reactive ketones (excluding diaryl/α,β-unsaturated/α-hetero) is 1. The van der Waals surface area contributed by atoms with Crippen LogP contribution in [0.2, 0.25) is 10.0 Å². The average Bonchev–Trinajstić information content (AvgIpc) is 2.55. The van der Waals surface area contributed by atoms with Crippen LogP contribution in [0, 0.1) is 0 Å². The number of carbonyl (C=O) groups is 2. The Balaban J connectivity index is 2.16. The van der Waals surface area contributed by atoms with E-state index in [-0.39, 0.29) is 11.9 Å². The van der Waals surface area contributed by atoms with Crippen molar-refractivity contribution in [2.75, 3.05) is 0 Å². The molecule has 1 aliphatic carbocycles. The first-order valence-corrected chi connectivity index (χ1v) is 9.45. The molecule has 0 radical (unpaired) electrons. The van der Waals surface area contributed by atoms with E-state index in [0.29, 0.717) is 33.3 Å². The number of hydrogen-bond donors (Lipinski definition) is 1. The highest BCUT2D eigenvalue weighted by Gasteiger charge is 2.39. The third-order valence-electron chi connectivity index (χ3n) is 4.62. The van der Waals surface area contributed by atoms with Crippen LogP contribution in [0.25, 0.3) is 0 Å². The van der Waals surface area contributed by atoms with E-state index in [1.807, 2.05) is 13.0 Å². The Bertz CT molecular complexity index is 839. The van der Waals surface area contributed by atoms with E-state index in [9.17, 15) is 9.59 Å². The summed E-state index contributed by atoms with van der Waals surface area (Å²) in [6.45, 7) is 5.44. The molecule has 1 heterocycles. The molecule has 2 aliphatic rings. The quantitative estimate of drug-likeness (QED) is 0.740. The fraction of sp³-hybridized carbons (Fsp3) is 0.400. The first kappa shape index (κ1) is 19.0. The number of dihydropyridines is 1. The fourth-order valence-corrected chi connectivity index (χ4v) is 3.86. The number of hydrogen-bond acceptors (Lipinski definition) is 4. The molecule has 1 aliphatic heterocycles. The molecule has 0 unspecified atom stereocenters. The van der Waals surface area contributed by atoms with Gasteiger partial charge in [0.2, 0.25) is 0 Å². The fourth-order valence-electron chi connectivity index (χ4n) is 3.56. The minimum atomic E-state index is -0.500. The van der Waals surface area contributed by atoms with E-state index < -0.39 is 11.9 Å². The van der Waals surface area contributed by atoms with Crippen LogP contribution in [-0.4, -0.2) is 17.9 Å². The SMILES string of the molecule is CC1=C(C(=O)OC(C)C)[C@@H](c2ccc(Cl)c(Cl)c2)C2=C(CCCC2=O)N1.